The number of hydrogen-bond donors (Lipinski definition) is 0. The van der Waals surface area contributed by atoms with Crippen LogP contribution in [0, 0.1) is 5.82 Å². The Morgan fingerprint density at radius 1 is 1.06 bits per heavy atom. The van der Waals surface area contributed by atoms with Gasteiger partial charge in [-0.25, -0.2) is 4.39 Å². The lowest BCUT2D eigenvalue weighted by Gasteiger charge is -2.08. The lowest BCUT2D eigenvalue weighted by atomic mass is 10.0. The molecule has 0 saturated carbocycles. The molecular weight excluding hydrogens is 279 g/mol. The second kappa shape index (κ2) is 5.80. The first-order chi connectivity index (χ1) is 7.81. The molecule has 0 aromatic heterocycles. The van der Waals surface area contributed by atoms with Crippen LogP contribution in [-0.2, 0) is 4.55 Å². The summed E-state index contributed by atoms with van der Waals surface area (Å²) in [5, 5.41) is 0. The highest BCUT2D eigenvalue weighted by atomic mass is 79.9. The van der Waals surface area contributed by atoms with Crippen molar-refractivity contribution in [1.82, 2.24) is 0 Å². The van der Waals surface area contributed by atoms with Gasteiger partial charge in [0.15, 0.2) is 0 Å². The molecule has 0 saturated heterocycles. The molecule has 16 heavy (non-hydrogen) atoms. The van der Waals surface area contributed by atoms with Gasteiger partial charge in [-0.2, -0.15) is 0 Å². The minimum absolute atomic E-state index is 0.148. The van der Waals surface area contributed by atoms with Crippen LogP contribution in [0.5, 0.6) is 0 Å². The first-order valence-electron chi connectivity index (χ1n) is 5.21. The first-order valence-corrected chi connectivity index (χ1v) is 10.1. The van der Waals surface area contributed by atoms with Gasteiger partial charge in [-0.15, -0.1) is 4.55 Å². The molecule has 78 valence electrons. The fourth-order valence-corrected chi connectivity index (χ4v) is 3.67. The van der Waals surface area contributed by atoms with Crippen LogP contribution in [0.1, 0.15) is 5.56 Å². The van der Waals surface area contributed by atoms with Crippen LogP contribution in [0.4, 0.5) is 4.39 Å². The molecule has 0 atom stereocenters. The highest BCUT2D eigenvalue weighted by Crippen LogP contribution is 2.24. The Hall–Kier alpha value is -0.384. The van der Waals surface area contributed by atoms with E-state index in [-0.39, 0.29) is 24.0 Å². The van der Waals surface area contributed by atoms with Gasteiger partial charge in [0, 0.05) is 0 Å². The van der Waals surface area contributed by atoms with Crippen LogP contribution in [0.25, 0.3) is 11.1 Å². The standard InChI is InChI=1S/C13H10F.BrH.Mg/c1-10-9-12(14)7-8-13(10)11-5-3-2-4-6-11;;/h2-9H,1H2;1H;/q;;+1/p-1. The third-order valence-electron chi connectivity index (χ3n) is 2.52. The SMILES string of the molecule is Fc1ccc(-c2ccccc2)c([CH2][Mg][Br])c1. The molecule has 2 rings (SSSR count). The Balaban J connectivity index is 2.48. The van der Waals surface area contributed by atoms with Gasteiger partial charge in [0.05, 0.1) is 0 Å². The van der Waals surface area contributed by atoms with Gasteiger partial charge in [0.1, 0.15) is 5.82 Å². The Kier molecular flexibility index (Phi) is 4.38. The second-order valence-electron chi connectivity index (χ2n) is 3.61. The molecule has 0 nitrogen and oxygen atoms in total. The summed E-state index contributed by atoms with van der Waals surface area (Å²) in [4.78, 5) is 0. The molecule has 0 fully saturated rings. The summed E-state index contributed by atoms with van der Waals surface area (Å²) in [6.07, 6.45) is 0. The average molecular weight is 289 g/mol. The van der Waals surface area contributed by atoms with Gasteiger partial charge in [0.2, 0.25) is 0 Å². The molecule has 0 aliphatic carbocycles. The van der Waals surface area contributed by atoms with E-state index in [1.807, 2.05) is 24.3 Å². The van der Waals surface area contributed by atoms with Crippen LogP contribution in [0.3, 0.4) is 0 Å². The Morgan fingerprint density at radius 2 is 1.81 bits per heavy atom. The zero-order valence-corrected chi connectivity index (χ0v) is 11.8. The average Bonchev–Trinajstić information content (AvgIpc) is 2.31. The molecule has 0 aliphatic heterocycles. The van der Waals surface area contributed by atoms with Crippen LogP contribution in [-0.4, -0.2) is 18.2 Å². The lowest BCUT2D eigenvalue weighted by molar-refractivity contribution is 0.626. The van der Waals surface area contributed by atoms with Gasteiger partial charge in [-0.1, -0.05) is 42.0 Å². The third kappa shape index (κ3) is 2.84. The maximum atomic E-state index is 13.2. The van der Waals surface area contributed by atoms with Crippen LogP contribution >= 0.6 is 12.9 Å². The largest absolute Gasteiger partial charge is 0.473 e. The molecule has 2 aromatic carbocycles. The summed E-state index contributed by atoms with van der Waals surface area (Å²) >= 11 is 3.25. The highest BCUT2D eigenvalue weighted by Gasteiger charge is 2.06. The van der Waals surface area contributed by atoms with E-state index in [0.717, 1.165) is 21.2 Å². The maximum absolute atomic E-state index is 13.2. The molecule has 0 radical (unpaired) electrons. The first kappa shape index (κ1) is 12.1. The Morgan fingerprint density at radius 3 is 2.50 bits per heavy atom. The number of rotatable bonds is 3. The second-order valence-corrected chi connectivity index (χ2v) is 6.86. The van der Waals surface area contributed by atoms with Crippen LogP contribution in [0.15, 0.2) is 48.5 Å². The van der Waals surface area contributed by atoms with Crippen molar-refractivity contribution in [3.05, 3.63) is 59.9 Å². The predicted molar refractivity (Wildman–Crippen MR) is 70.2 cm³/mol. The zero-order chi connectivity index (χ0) is 11.4. The summed E-state index contributed by atoms with van der Waals surface area (Å²) in [5.41, 5.74) is 3.41. The van der Waals surface area contributed by atoms with E-state index in [1.165, 1.54) is 6.07 Å². The smallest absolute Gasteiger partial charge is 0.306 e. The summed E-state index contributed by atoms with van der Waals surface area (Å²) in [6, 6.07) is 15.2. The number of benzene rings is 2. The predicted octanol–water partition coefficient (Wildman–Crippen LogP) is 4.01. The van der Waals surface area contributed by atoms with Crippen molar-refractivity contribution >= 4 is 31.1 Å². The van der Waals surface area contributed by atoms with Crippen molar-refractivity contribution in [2.24, 2.45) is 0 Å². The van der Waals surface area contributed by atoms with Gasteiger partial charge in [0.25, 0.3) is 0 Å². The van der Waals surface area contributed by atoms with E-state index in [9.17, 15) is 4.39 Å². The van der Waals surface area contributed by atoms with Crippen molar-refractivity contribution in [1.29, 1.82) is 0 Å². The van der Waals surface area contributed by atoms with Crippen molar-refractivity contribution in [2.75, 3.05) is 0 Å². The molecule has 0 unspecified atom stereocenters. The fraction of sp³-hybridized carbons (Fsp3) is 0.0769. The van der Waals surface area contributed by atoms with Gasteiger partial charge in [-0.3, -0.25) is 0 Å². The Labute approximate surface area is 110 Å². The van der Waals surface area contributed by atoms with Gasteiger partial charge >= 0.3 is 18.2 Å². The minimum Gasteiger partial charge on any atom is -0.306 e. The van der Waals surface area contributed by atoms with E-state index < -0.39 is 0 Å². The van der Waals surface area contributed by atoms with E-state index in [1.54, 1.807) is 6.07 Å². The molecule has 0 bridgehead atoms. The van der Waals surface area contributed by atoms with Crippen molar-refractivity contribution in [2.45, 2.75) is 4.55 Å². The molecular formula is C13H10BrFMg. The summed E-state index contributed by atoms with van der Waals surface area (Å²) in [6.45, 7) is 0. The number of halogens is 2. The van der Waals surface area contributed by atoms with Crippen molar-refractivity contribution in [3.8, 4) is 11.1 Å². The number of hydrogen-bond acceptors (Lipinski definition) is 0. The van der Waals surface area contributed by atoms with E-state index in [0.29, 0.717) is 0 Å². The van der Waals surface area contributed by atoms with E-state index in [2.05, 4.69) is 25.0 Å². The highest BCUT2D eigenvalue weighted by molar-refractivity contribution is 9.23. The summed E-state index contributed by atoms with van der Waals surface area (Å²) in [7, 11) is 0. The molecule has 0 amide bonds. The third-order valence-corrected chi connectivity index (χ3v) is 4.43. The molecule has 0 aliphatic rings. The fourth-order valence-electron chi connectivity index (χ4n) is 1.77. The lowest BCUT2D eigenvalue weighted by Crippen LogP contribution is -1.94. The maximum Gasteiger partial charge on any atom is 0.473 e. The van der Waals surface area contributed by atoms with Gasteiger partial charge < -0.3 is 12.9 Å². The van der Waals surface area contributed by atoms with E-state index >= 15 is 0 Å². The minimum atomic E-state index is -0.281. The molecule has 0 heterocycles. The molecule has 0 N–H and O–H groups in total. The Bertz CT molecular complexity index is 471. The molecule has 2 aromatic rings. The van der Waals surface area contributed by atoms with Gasteiger partial charge in [-0.05, 0) is 23.3 Å². The summed E-state index contributed by atoms with van der Waals surface area (Å²) < 4.78 is 14.2. The quantitative estimate of drug-likeness (QED) is 0.749. The molecule has 0 spiro atoms. The zero-order valence-electron chi connectivity index (χ0n) is 8.79. The summed E-state index contributed by atoms with van der Waals surface area (Å²) in [5.74, 6) is -0.148. The monoisotopic (exact) mass is 288 g/mol. The topological polar surface area (TPSA) is 0 Å². The van der Waals surface area contributed by atoms with Crippen LogP contribution in [0.2, 0.25) is 0 Å². The van der Waals surface area contributed by atoms with Crippen LogP contribution < -0.4 is 0 Å². The van der Waals surface area contributed by atoms with Crippen molar-refractivity contribution in [3.63, 3.8) is 0 Å². The van der Waals surface area contributed by atoms with Crippen molar-refractivity contribution < 1.29 is 4.39 Å². The normalized spacial score (nSPS) is 9.88. The van der Waals surface area contributed by atoms with E-state index in [4.69, 9.17) is 0 Å². The molecule has 3 heteroatoms.